The second-order valence-electron chi connectivity index (χ2n) is 9.26. The highest BCUT2D eigenvalue weighted by atomic mass is 32.1. The minimum absolute atomic E-state index is 0.00817. The minimum atomic E-state index is -4.89. The number of aromatic nitrogens is 1. The Labute approximate surface area is 208 Å². The third-order valence-corrected chi connectivity index (χ3v) is 8.13. The Kier molecular flexibility index (Phi) is 6.14. The van der Waals surface area contributed by atoms with Gasteiger partial charge in [0.1, 0.15) is 17.1 Å². The number of rotatable bonds is 5. The first kappa shape index (κ1) is 24.5. The molecule has 2 aromatic carbocycles. The maximum Gasteiger partial charge on any atom is 0.419 e. The van der Waals surface area contributed by atoms with Gasteiger partial charge in [0, 0.05) is 11.7 Å². The van der Waals surface area contributed by atoms with E-state index < -0.39 is 41.3 Å². The Bertz CT molecular complexity index is 1360. The number of nitrogens with zero attached hydrogens (tertiary/aromatic N) is 1. The van der Waals surface area contributed by atoms with E-state index in [1.807, 2.05) is 6.92 Å². The summed E-state index contributed by atoms with van der Waals surface area (Å²) in [6.07, 6.45) is -2.52. The molecule has 5 rings (SSSR count). The van der Waals surface area contributed by atoms with Gasteiger partial charge in [0.25, 0.3) is 5.91 Å². The zero-order valence-electron chi connectivity index (χ0n) is 19.4. The van der Waals surface area contributed by atoms with E-state index in [1.54, 1.807) is 12.1 Å². The summed E-state index contributed by atoms with van der Waals surface area (Å²) in [6.45, 7) is 1.84. The quantitative estimate of drug-likeness (QED) is 0.431. The Morgan fingerprint density at radius 3 is 2.61 bits per heavy atom. The predicted octanol–water partition coefficient (Wildman–Crippen LogP) is 5.55. The molecule has 11 heteroatoms. The molecule has 2 N–H and O–H groups in total. The molecule has 2 fully saturated rings. The number of alkyl halides is 3. The van der Waals surface area contributed by atoms with Crippen LogP contribution < -0.4 is 15.4 Å². The third-order valence-electron chi connectivity index (χ3n) is 7.13. The summed E-state index contributed by atoms with van der Waals surface area (Å²) in [5.74, 6) is -2.47. The second-order valence-corrected chi connectivity index (χ2v) is 10.5. The first-order valence-corrected chi connectivity index (χ1v) is 12.3. The molecule has 2 saturated carbocycles. The molecule has 3 aromatic rings. The lowest BCUT2D eigenvalue weighted by Gasteiger charge is -2.31. The number of amides is 2. The summed E-state index contributed by atoms with van der Waals surface area (Å²) in [5, 5.41) is 6.33. The van der Waals surface area contributed by atoms with Gasteiger partial charge in [-0.2, -0.15) is 13.2 Å². The summed E-state index contributed by atoms with van der Waals surface area (Å²) >= 11 is 1.37. The van der Waals surface area contributed by atoms with Crippen LogP contribution in [0.25, 0.3) is 10.2 Å². The van der Waals surface area contributed by atoms with Crippen LogP contribution in [0.2, 0.25) is 0 Å². The Morgan fingerprint density at radius 1 is 1.14 bits per heavy atom. The molecule has 1 aromatic heterocycles. The van der Waals surface area contributed by atoms with Gasteiger partial charge < -0.3 is 15.4 Å². The maximum absolute atomic E-state index is 13.7. The van der Waals surface area contributed by atoms with Gasteiger partial charge in [0.05, 0.1) is 33.8 Å². The largest absolute Gasteiger partial charge is 0.496 e. The molecule has 2 bridgehead atoms. The number of carbonyl (C=O) groups excluding carboxylic acids is 2. The van der Waals surface area contributed by atoms with Crippen LogP contribution in [0.4, 0.5) is 23.2 Å². The van der Waals surface area contributed by atoms with Crippen molar-refractivity contribution in [3.8, 4) is 5.75 Å². The van der Waals surface area contributed by atoms with Crippen LogP contribution in [-0.4, -0.2) is 29.9 Å². The number of halogens is 4. The molecule has 2 amide bonds. The monoisotopic (exact) mass is 521 g/mol. The van der Waals surface area contributed by atoms with Crippen molar-refractivity contribution in [3.05, 3.63) is 52.3 Å². The van der Waals surface area contributed by atoms with Gasteiger partial charge >= 0.3 is 6.18 Å². The Balaban J connectivity index is 1.41. The molecule has 0 radical (unpaired) electrons. The van der Waals surface area contributed by atoms with Crippen LogP contribution in [0.3, 0.4) is 0 Å². The van der Waals surface area contributed by atoms with Crippen molar-refractivity contribution in [1.82, 2.24) is 10.3 Å². The van der Waals surface area contributed by atoms with E-state index in [1.165, 1.54) is 18.4 Å². The molecule has 2 aliphatic carbocycles. The van der Waals surface area contributed by atoms with E-state index in [2.05, 4.69) is 15.6 Å². The molecule has 2 aliphatic rings. The van der Waals surface area contributed by atoms with E-state index in [4.69, 9.17) is 4.74 Å². The van der Waals surface area contributed by atoms with E-state index in [9.17, 15) is 27.2 Å². The van der Waals surface area contributed by atoms with E-state index in [-0.39, 0.29) is 17.5 Å². The highest BCUT2D eigenvalue weighted by Crippen LogP contribution is 2.49. The van der Waals surface area contributed by atoms with Gasteiger partial charge in [-0.05, 0) is 68.4 Å². The number of aryl methyl sites for hydroxylation is 1. The van der Waals surface area contributed by atoms with Crippen molar-refractivity contribution >= 4 is 39.1 Å². The lowest BCUT2D eigenvalue weighted by molar-refractivity contribution is -0.140. The van der Waals surface area contributed by atoms with Crippen molar-refractivity contribution in [1.29, 1.82) is 0 Å². The van der Waals surface area contributed by atoms with Gasteiger partial charge in [-0.15, -0.1) is 11.3 Å². The maximum atomic E-state index is 13.7. The molecule has 0 saturated heterocycles. The number of anilines is 1. The van der Waals surface area contributed by atoms with Crippen molar-refractivity contribution in [2.75, 3.05) is 12.4 Å². The summed E-state index contributed by atoms with van der Waals surface area (Å²) in [5.41, 5.74) is -0.579. The molecule has 0 aliphatic heterocycles. The lowest BCUT2D eigenvalue weighted by atomic mass is 9.83. The number of benzene rings is 2. The Hall–Kier alpha value is -3.21. The highest BCUT2D eigenvalue weighted by Gasteiger charge is 2.51. The standard InChI is InChI=1S/C25H23F4N3O3S/c1-11-30-17-7-8-18(35-2)20(22(17)36-11)24(34)32-21-13-4-3-12(9-13)19(21)23(33)31-14-5-6-16(26)15(10-14)25(27,28)29/h5-8,10,12-13,19,21H,3-4,9H2,1-2H3,(H,31,33)(H,32,34)/t12?,13-,19?,21?/m0/s1. The van der Waals surface area contributed by atoms with Gasteiger partial charge in [-0.25, -0.2) is 9.37 Å². The molecule has 4 atom stereocenters. The zero-order valence-corrected chi connectivity index (χ0v) is 20.2. The van der Waals surface area contributed by atoms with Gasteiger partial charge in [0.15, 0.2) is 0 Å². The smallest absolute Gasteiger partial charge is 0.419 e. The number of methoxy groups -OCH3 is 1. The third kappa shape index (κ3) is 4.29. The predicted molar refractivity (Wildman–Crippen MR) is 127 cm³/mol. The average molecular weight is 522 g/mol. The first-order chi connectivity index (χ1) is 17.1. The molecule has 6 nitrogen and oxygen atoms in total. The normalized spacial score (nSPS) is 23.2. The summed E-state index contributed by atoms with van der Waals surface area (Å²) in [4.78, 5) is 31.2. The second kappa shape index (κ2) is 9.02. The van der Waals surface area contributed by atoms with Crippen LogP contribution in [0, 0.1) is 30.5 Å². The molecule has 190 valence electrons. The summed E-state index contributed by atoms with van der Waals surface area (Å²) < 4.78 is 59.1. The van der Waals surface area contributed by atoms with E-state index in [0.29, 0.717) is 33.7 Å². The van der Waals surface area contributed by atoms with Crippen LogP contribution in [-0.2, 0) is 11.0 Å². The van der Waals surface area contributed by atoms with E-state index >= 15 is 0 Å². The fraction of sp³-hybridized carbons (Fsp3) is 0.400. The molecule has 0 spiro atoms. The van der Waals surface area contributed by atoms with Crippen molar-refractivity contribution in [2.24, 2.45) is 17.8 Å². The zero-order chi connectivity index (χ0) is 25.8. The highest BCUT2D eigenvalue weighted by molar-refractivity contribution is 7.19. The number of ether oxygens (including phenoxy) is 1. The topological polar surface area (TPSA) is 80.3 Å². The first-order valence-electron chi connectivity index (χ1n) is 11.5. The van der Waals surface area contributed by atoms with Gasteiger partial charge in [-0.3, -0.25) is 9.59 Å². The average Bonchev–Trinajstić information content (AvgIpc) is 3.52. The molecule has 36 heavy (non-hydrogen) atoms. The minimum Gasteiger partial charge on any atom is -0.496 e. The van der Waals surface area contributed by atoms with Crippen molar-refractivity contribution in [2.45, 2.75) is 38.4 Å². The van der Waals surface area contributed by atoms with Crippen molar-refractivity contribution in [3.63, 3.8) is 0 Å². The van der Waals surface area contributed by atoms with Gasteiger partial charge in [-0.1, -0.05) is 0 Å². The van der Waals surface area contributed by atoms with Crippen LogP contribution >= 0.6 is 11.3 Å². The number of fused-ring (bicyclic) bond motifs is 3. The van der Waals surface area contributed by atoms with Crippen LogP contribution in [0.1, 0.15) is 40.2 Å². The van der Waals surface area contributed by atoms with E-state index in [0.717, 1.165) is 30.3 Å². The molecular weight excluding hydrogens is 498 g/mol. The van der Waals surface area contributed by atoms with Gasteiger partial charge in [0.2, 0.25) is 5.91 Å². The molecule has 3 unspecified atom stereocenters. The lowest BCUT2D eigenvalue weighted by Crippen LogP contribution is -2.48. The van der Waals surface area contributed by atoms with Crippen LogP contribution in [0.15, 0.2) is 30.3 Å². The molecule has 1 heterocycles. The number of carbonyl (C=O) groups is 2. The number of hydrogen-bond acceptors (Lipinski definition) is 5. The molecular formula is C25H23F4N3O3S. The number of thiazole rings is 1. The number of hydrogen-bond donors (Lipinski definition) is 2. The number of nitrogens with one attached hydrogen (secondary N) is 2. The summed E-state index contributed by atoms with van der Waals surface area (Å²) in [7, 11) is 1.47. The fourth-order valence-corrected chi connectivity index (χ4v) is 6.57. The van der Waals surface area contributed by atoms with Crippen LogP contribution in [0.5, 0.6) is 5.75 Å². The Morgan fingerprint density at radius 2 is 1.89 bits per heavy atom. The SMILES string of the molecule is COc1ccc2nc(C)sc2c1C(=O)NC1C(C(=O)Nc2ccc(F)c(C(F)(F)F)c2)C2CC[C@H]1C2. The fourth-order valence-electron chi connectivity index (χ4n) is 5.62. The van der Waals surface area contributed by atoms with Crippen molar-refractivity contribution < 1.29 is 31.9 Å². The summed E-state index contributed by atoms with van der Waals surface area (Å²) in [6, 6.07) is 5.33.